The molecule has 0 amide bonds. The molecule has 0 aliphatic rings. The molecule has 1 rings (SSSR count). The van der Waals surface area contributed by atoms with Crippen LogP contribution in [0.2, 0.25) is 0 Å². The SMILES string of the molecule is C=C.C=C/C(=C\C)c1ccc(C(C)C(=C)OC(C)C)cc1F. The first kappa shape index (κ1) is 19.9. The third kappa shape index (κ3) is 5.36. The molecule has 1 atom stereocenters. The summed E-state index contributed by atoms with van der Waals surface area (Å²) >= 11 is 0. The van der Waals surface area contributed by atoms with Crippen molar-refractivity contribution in [2.75, 3.05) is 0 Å². The van der Waals surface area contributed by atoms with Gasteiger partial charge in [-0.05, 0) is 38.0 Å². The number of rotatable bonds is 6. The van der Waals surface area contributed by atoms with Crippen molar-refractivity contribution in [3.05, 3.63) is 79.4 Å². The van der Waals surface area contributed by atoms with Crippen molar-refractivity contribution in [1.29, 1.82) is 0 Å². The van der Waals surface area contributed by atoms with Gasteiger partial charge in [0.1, 0.15) is 5.82 Å². The van der Waals surface area contributed by atoms with Gasteiger partial charge in [0.25, 0.3) is 0 Å². The van der Waals surface area contributed by atoms with Crippen molar-refractivity contribution >= 4 is 5.57 Å². The molecule has 1 nitrogen and oxygen atoms in total. The van der Waals surface area contributed by atoms with E-state index in [4.69, 9.17) is 4.74 Å². The highest BCUT2D eigenvalue weighted by atomic mass is 19.1. The third-order valence-corrected chi connectivity index (χ3v) is 3.21. The van der Waals surface area contributed by atoms with Crippen LogP contribution in [0.25, 0.3) is 5.57 Å². The zero-order chi connectivity index (χ0) is 17.3. The first-order valence-electron chi connectivity index (χ1n) is 7.34. The minimum atomic E-state index is -0.250. The van der Waals surface area contributed by atoms with Gasteiger partial charge in [0, 0.05) is 11.5 Å². The zero-order valence-corrected chi connectivity index (χ0v) is 14.2. The molecule has 0 spiro atoms. The van der Waals surface area contributed by atoms with E-state index in [1.165, 1.54) is 0 Å². The number of halogens is 1. The molecule has 0 N–H and O–H groups in total. The smallest absolute Gasteiger partial charge is 0.131 e. The highest BCUT2D eigenvalue weighted by molar-refractivity contribution is 5.73. The summed E-state index contributed by atoms with van der Waals surface area (Å²) in [6.45, 7) is 21.3. The maximum atomic E-state index is 14.2. The maximum absolute atomic E-state index is 14.2. The molecule has 0 heterocycles. The maximum Gasteiger partial charge on any atom is 0.131 e. The molecule has 0 aliphatic heterocycles. The summed E-state index contributed by atoms with van der Waals surface area (Å²) in [4.78, 5) is 0. The van der Waals surface area contributed by atoms with Gasteiger partial charge in [-0.15, -0.1) is 13.2 Å². The van der Waals surface area contributed by atoms with Gasteiger partial charge < -0.3 is 4.74 Å². The molecule has 0 aliphatic carbocycles. The molecule has 0 radical (unpaired) electrons. The Morgan fingerprint density at radius 3 is 2.23 bits per heavy atom. The van der Waals surface area contributed by atoms with Gasteiger partial charge in [0.2, 0.25) is 0 Å². The molecular weight excluding hydrogens is 275 g/mol. The second kappa shape index (κ2) is 9.78. The second-order valence-electron chi connectivity index (χ2n) is 5.04. The van der Waals surface area contributed by atoms with Gasteiger partial charge in [-0.25, -0.2) is 4.39 Å². The second-order valence-corrected chi connectivity index (χ2v) is 5.04. The molecule has 2 heteroatoms. The van der Waals surface area contributed by atoms with E-state index in [9.17, 15) is 4.39 Å². The average molecular weight is 302 g/mol. The summed E-state index contributed by atoms with van der Waals surface area (Å²) < 4.78 is 19.8. The minimum Gasteiger partial charge on any atom is -0.495 e. The Labute approximate surface area is 134 Å². The fourth-order valence-electron chi connectivity index (χ4n) is 2.01. The highest BCUT2D eigenvalue weighted by Crippen LogP contribution is 2.28. The van der Waals surface area contributed by atoms with Crippen LogP contribution in [0.3, 0.4) is 0 Å². The molecule has 0 bridgehead atoms. The lowest BCUT2D eigenvalue weighted by Gasteiger charge is -2.19. The van der Waals surface area contributed by atoms with Crippen LogP contribution >= 0.6 is 0 Å². The minimum absolute atomic E-state index is 0.0428. The van der Waals surface area contributed by atoms with Crippen molar-refractivity contribution in [3.8, 4) is 0 Å². The molecule has 1 aromatic carbocycles. The highest BCUT2D eigenvalue weighted by Gasteiger charge is 2.15. The Morgan fingerprint density at radius 1 is 1.23 bits per heavy atom. The van der Waals surface area contributed by atoms with E-state index in [0.717, 1.165) is 11.1 Å². The van der Waals surface area contributed by atoms with Crippen molar-refractivity contribution in [2.45, 2.75) is 39.7 Å². The zero-order valence-electron chi connectivity index (χ0n) is 14.2. The number of hydrogen-bond acceptors (Lipinski definition) is 1. The van der Waals surface area contributed by atoms with Crippen molar-refractivity contribution in [1.82, 2.24) is 0 Å². The lowest BCUT2D eigenvalue weighted by molar-refractivity contribution is 0.136. The normalized spacial score (nSPS) is 12.2. The summed E-state index contributed by atoms with van der Waals surface area (Å²) in [6.07, 6.45) is 3.57. The van der Waals surface area contributed by atoms with Crippen LogP contribution in [0, 0.1) is 5.82 Å². The van der Waals surface area contributed by atoms with Crippen LogP contribution < -0.4 is 0 Å². The van der Waals surface area contributed by atoms with E-state index in [-0.39, 0.29) is 17.8 Å². The number of benzene rings is 1. The van der Waals surface area contributed by atoms with E-state index < -0.39 is 0 Å². The Bertz CT molecular complexity index is 541. The predicted octanol–water partition coefficient (Wildman–Crippen LogP) is 6.26. The summed E-state index contributed by atoms with van der Waals surface area (Å²) in [5.41, 5.74) is 2.21. The third-order valence-electron chi connectivity index (χ3n) is 3.21. The Kier molecular flexibility index (Phi) is 8.85. The average Bonchev–Trinajstić information content (AvgIpc) is 2.50. The predicted molar refractivity (Wildman–Crippen MR) is 95.3 cm³/mol. The van der Waals surface area contributed by atoms with Crippen molar-refractivity contribution in [2.24, 2.45) is 0 Å². The molecular formula is C20H27FO. The molecule has 22 heavy (non-hydrogen) atoms. The number of ether oxygens (including phenoxy) is 1. The van der Waals surface area contributed by atoms with Crippen molar-refractivity contribution in [3.63, 3.8) is 0 Å². The monoisotopic (exact) mass is 302 g/mol. The molecule has 120 valence electrons. The van der Waals surface area contributed by atoms with Crippen LogP contribution in [0.1, 0.15) is 44.7 Å². The standard InChI is InChI=1S/C18H23FO.C2H4/c1-7-15(8-2)17-10-9-16(11-18(17)19)13(5)14(6)20-12(3)4;1-2/h7-13H,1,6H2,2-5H3;1-2H2/b15-8+;. The van der Waals surface area contributed by atoms with E-state index in [2.05, 4.69) is 26.3 Å². The quantitative estimate of drug-likeness (QED) is 0.342. The largest absolute Gasteiger partial charge is 0.495 e. The molecule has 1 unspecified atom stereocenters. The van der Waals surface area contributed by atoms with Gasteiger partial charge in [-0.1, -0.05) is 44.4 Å². The van der Waals surface area contributed by atoms with E-state index in [0.29, 0.717) is 11.3 Å². The molecule has 0 saturated carbocycles. The van der Waals surface area contributed by atoms with Gasteiger partial charge in [0.05, 0.1) is 11.9 Å². The van der Waals surface area contributed by atoms with E-state index >= 15 is 0 Å². The molecule has 0 aromatic heterocycles. The number of allylic oxidation sites excluding steroid dienone is 4. The summed E-state index contributed by atoms with van der Waals surface area (Å²) in [7, 11) is 0. The summed E-state index contributed by atoms with van der Waals surface area (Å²) in [5.74, 6) is 0.362. The lowest BCUT2D eigenvalue weighted by atomic mass is 9.95. The van der Waals surface area contributed by atoms with E-state index in [1.807, 2.05) is 39.8 Å². The molecule has 0 saturated heterocycles. The fraction of sp³-hybridized carbons (Fsp3) is 0.300. The van der Waals surface area contributed by atoms with Gasteiger partial charge in [-0.2, -0.15) is 0 Å². The molecule has 1 aromatic rings. The fourth-order valence-corrected chi connectivity index (χ4v) is 2.01. The van der Waals surface area contributed by atoms with Crippen LogP contribution in [-0.2, 0) is 4.74 Å². The molecule has 0 fully saturated rings. The first-order valence-corrected chi connectivity index (χ1v) is 7.34. The topological polar surface area (TPSA) is 9.23 Å². The Morgan fingerprint density at radius 2 is 1.82 bits per heavy atom. The van der Waals surface area contributed by atoms with Gasteiger partial charge >= 0.3 is 0 Å². The Hall–Kier alpha value is -2.09. The van der Waals surface area contributed by atoms with Crippen LogP contribution in [0.15, 0.2) is 62.4 Å². The van der Waals surface area contributed by atoms with Gasteiger partial charge in [0.15, 0.2) is 0 Å². The van der Waals surface area contributed by atoms with Crippen LogP contribution in [-0.4, -0.2) is 6.10 Å². The van der Waals surface area contributed by atoms with Gasteiger partial charge in [-0.3, -0.25) is 0 Å². The summed E-state index contributed by atoms with van der Waals surface area (Å²) in [6, 6.07) is 5.23. The van der Waals surface area contributed by atoms with Crippen LogP contribution in [0.5, 0.6) is 0 Å². The lowest BCUT2D eigenvalue weighted by Crippen LogP contribution is -2.07. The summed E-state index contributed by atoms with van der Waals surface area (Å²) in [5, 5.41) is 0. The van der Waals surface area contributed by atoms with E-state index in [1.54, 1.807) is 18.2 Å². The Balaban J connectivity index is 0.00000211. The first-order chi connectivity index (χ1) is 10.4. The number of hydrogen-bond donors (Lipinski definition) is 0. The van der Waals surface area contributed by atoms with Crippen LogP contribution in [0.4, 0.5) is 4.39 Å². The van der Waals surface area contributed by atoms with Crippen molar-refractivity contribution < 1.29 is 9.13 Å².